The number of thioether (sulfide) groups is 1. The quantitative estimate of drug-likeness (QED) is 0.500. The van der Waals surface area contributed by atoms with Gasteiger partial charge in [0.05, 0.1) is 0 Å². The lowest BCUT2D eigenvalue weighted by molar-refractivity contribution is 0.590. The van der Waals surface area contributed by atoms with E-state index in [-0.39, 0.29) is 0 Å². The molecule has 1 N–H and O–H groups in total. The van der Waals surface area contributed by atoms with Crippen LogP contribution in [0.4, 0.5) is 5.69 Å². The van der Waals surface area contributed by atoms with Crippen molar-refractivity contribution in [1.82, 2.24) is 0 Å². The van der Waals surface area contributed by atoms with Crippen molar-refractivity contribution < 1.29 is 0 Å². The van der Waals surface area contributed by atoms with Crippen molar-refractivity contribution in [2.24, 2.45) is 0 Å². The molecule has 2 aromatic carbocycles. The van der Waals surface area contributed by atoms with Crippen molar-refractivity contribution in [3.63, 3.8) is 0 Å². The van der Waals surface area contributed by atoms with Crippen LogP contribution in [0.2, 0.25) is 0 Å². The lowest BCUT2D eigenvalue weighted by atomic mass is 9.83. The summed E-state index contributed by atoms with van der Waals surface area (Å²) in [5.74, 6) is 0.696. The second kappa shape index (κ2) is 11.5. The van der Waals surface area contributed by atoms with Gasteiger partial charge in [-0.3, -0.25) is 0 Å². The van der Waals surface area contributed by atoms with Gasteiger partial charge in [-0.25, -0.2) is 0 Å². The van der Waals surface area contributed by atoms with Crippen molar-refractivity contribution in [1.29, 1.82) is 0 Å². The second-order valence-corrected chi connectivity index (χ2v) is 9.20. The van der Waals surface area contributed by atoms with E-state index in [1.54, 1.807) is 11.8 Å². The Labute approximate surface area is 189 Å². The molecule has 0 radical (unpaired) electrons. The molecule has 0 saturated carbocycles. The Hall–Kier alpha value is -1.93. The monoisotopic (exact) mass is 421 g/mol. The Bertz CT molecular complexity index is 907. The van der Waals surface area contributed by atoms with Gasteiger partial charge in [0.2, 0.25) is 0 Å². The van der Waals surface area contributed by atoms with Crippen molar-refractivity contribution in [2.75, 3.05) is 12.4 Å². The number of anilines is 1. The first-order chi connectivity index (χ1) is 14.4. The summed E-state index contributed by atoms with van der Waals surface area (Å²) < 4.78 is 0. The van der Waals surface area contributed by atoms with Gasteiger partial charge < -0.3 is 5.32 Å². The first kappa shape index (κ1) is 24.3. The molecule has 30 heavy (non-hydrogen) atoms. The molecular formula is C28H39NS. The molecule has 2 aromatic rings. The standard InChI is InChI=1S/C26H33NS.C2H6/c1-17(12-24-13-20(4)26(27-6)14-19(24)3)16-28-21(5)22-10-11-25-18(2)8-7-9-23(25)15-22;1-2/h10-11,13-16,18,27H,5,7-9,12H2,1-4,6H3;1-2H3/b17-16+;. The van der Waals surface area contributed by atoms with Gasteiger partial charge in [0.1, 0.15) is 0 Å². The minimum Gasteiger partial charge on any atom is -0.388 e. The molecule has 162 valence electrons. The van der Waals surface area contributed by atoms with Gasteiger partial charge in [0, 0.05) is 17.6 Å². The van der Waals surface area contributed by atoms with Crippen LogP contribution >= 0.6 is 11.8 Å². The number of rotatable bonds is 6. The van der Waals surface area contributed by atoms with Gasteiger partial charge in [0.25, 0.3) is 0 Å². The molecule has 0 bridgehead atoms. The normalized spacial score (nSPS) is 15.7. The molecule has 1 atom stereocenters. The number of allylic oxidation sites excluding steroid dienone is 1. The van der Waals surface area contributed by atoms with Crippen molar-refractivity contribution >= 4 is 22.4 Å². The van der Waals surface area contributed by atoms with Gasteiger partial charge in [-0.2, -0.15) is 0 Å². The van der Waals surface area contributed by atoms with Crippen LogP contribution in [0.3, 0.4) is 0 Å². The Morgan fingerprint density at radius 3 is 2.60 bits per heavy atom. The highest BCUT2D eigenvalue weighted by atomic mass is 32.2. The average molecular weight is 422 g/mol. The summed E-state index contributed by atoms with van der Waals surface area (Å²) >= 11 is 1.76. The van der Waals surface area contributed by atoms with Crippen LogP contribution in [0.1, 0.15) is 79.8 Å². The maximum Gasteiger partial charge on any atom is 0.0370 e. The third kappa shape index (κ3) is 6.04. The predicted molar refractivity (Wildman–Crippen MR) is 139 cm³/mol. The van der Waals surface area contributed by atoms with Crippen LogP contribution in [0.5, 0.6) is 0 Å². The Morgan fingerprint density at radius 2 is 1.90 bits per heavy atom. The van der Waals surface area contributed by atoms with Gasteiger partial charge in [-0.05, 0) is 97.2 Å². The van der Waals surface area contributed by atoms with Gasteiger partial charge in [-0.1, -0.05) is 69.0 Å². The minimum absolute atomic E-state index is 0.696. The van der Waals surface area contributed by atoms with E-state index in [9.17, 15) is 0 Å². The number of aryl methyl sites for hydroxylation is 3. The number of benzene rings is 2. The molecule has 1 unspecified atom stereocenters. The molecule has 0 amide bonds. The minimum atomic E-state index is 0.696. The third-order valence-electron chi connectivity index (χ3n) is 5.90. The van der Waals surface area contributed by atoms with Crippen LogP contribution in [0, 0.1) is 13.8 Å². The summed E-state index contributed by atoms with van der Waals surface area (Å²) in [6.07, 6.45) is 4.82. The molecular weight excluding hydrogens is 382 g/mol. The Balaban J connectivity index is 0.00000155. The highest BCUT2D eigenvalue weighted by molar-refractivity contribution is 8.10. The molecule has 1 aliphatic carbocycles. The second-order valence-electron chi connectivity index (χ2n) is 8.23. The molecule has 0 aliphatic heterocycles. The number of fused-ring (bicyclic) bond motifs is 1. The molecule has 0 aromatic heterocycles. The highest BCUT2D eigenvalue weighted by Crippen LogP contribution is 2.35. The van der Waals surface area contributed by atoms with E-state index in [0.717, 1.165) is 11.3 Å². The zero-order valence-corrected chi connectivity index (χ0v) is 20.8. The van der Waals surface area contributed by atoms with Gasteiger partial charge >= 0.3 is 0 Å². The third-order valence-corrected chi connectivity index (χ3v) is 6.94. The van der Waals surface area contributed by atoms with E-state index < -0.39 is 0 Å². The predicted octanol–water partition coefficient (Wildman–Crippen LogP) is 8.66. The summed E-state index contributed by atoms with van der Waals surface area (Å²) in [5.41, 5.74) is 11.0. The van der Waals surface area contributed by atoms with Gasteiger partial charge in [-0.15, -0.1) is 0 Å². The van der Waals surface area contributed by atoms with Crippen LogP contribution in [-0.2, 0) is 12.8 Å². The first-order valence-electron chi connectivity index (χ1n) is 11.3. The zero-order chi connectivity index (χ0) is 22.3. The fraction of sp³-hybridized carbons (Fsp3) is 0.429. The lowest BCUT2D eigenvalue weighted by Crippen LogP contribution is -2.07. The van der Waals surface area contributed by atoms with Crippen LogP contribution in [0.15, 0.2) is 47.9 Å². The number of hydrogen-bond donors (Lipinski definition) is 1. The van der Waals surface area contributed by atoms with Crippen molar-refractivity contribution in [2.45, 2.75) is 73.1 Å². The highest BCUT2D eigenvalue weighted by Gasteiger charge is 2.16. The molecule has 3 rings (SSSR count). The largest absolute Gasteiger partial charge is 0.388 e. The van der Waals surface area contributed by atoms with Crippen LogP contribution in [0.25, 0.3) is 4.91 Å². The molecule has 0 heterocycles. The van der Waals surface area contributed by atoms with Crippen LogP contribution in [-0.4, -0.2) is 7.05 Å². The summed E-state index contributed by atoms with van der Waals surface area (Å²) in [7, 11) is 1.98. The van der Waals surface area contributed by atoms with Gasteiger partial charge in [0.15, 0.2) is 0 Å². The van der Waals surface area contributed by atoms with Crippen molar-refractivity contribution in [3.8, 4) is 0 Å². The SMILES string of the molecule is C=C(S/C=C(\C)Cc1cc(C)c(NC)cc1C)c1ccc2c(c1)CCCC2C.CC. The average Bonchev–Trinajstić information content (AvgIpc) is 2.75. The maximum absolute atomic E-state index is 4.34. The smallest absolute Gasteiger partial charge is 0.0370 e. The fourth-order valence-electron chi connectivity index (χ4n) is 4.15. The molecule has 1 aliphatic rings. The molecule has 0 saturated heterocycles. The maximum atomic E-state index is 4.34. The van der Waals surface area contributed by atoms with E-state index in [1.165, 1.54) is 63.9 Å². The molecule has 0 spiro atoms. The number of hydrogen-bond acceptors (Lipinski definition) is 2. The molecule has 0 fully saturated rings. The van der Waals surface area contributed by atoms with E-state index >= 15 is 0 Å². The molecule has 1 nitrogen and oxygen atoms in total. The summed E-state index contributed by atoms with van der Waals surface area (Å²) in [6, 6.07) is 11.5. The van der Waals surface area contributed by atoms with E-state index in [1.807, 2.05) is 20.9 Å². The fourth-order valence-corrected chi connectivity index (χ4v) is 4.84. The lowest BCUT2D eigenvalue weighted by Gasteiger charge is -2.23. The van der Waals surface area contributed by atoms with E-state index in [0.29, 0.717) is 5.92 Å². The zero-order valence-electron chi connectivity index (χ0n) is 20.0. The Morgan fingerprint density at radius 1 is 1.17 bits per heavy atom. The summed E-state index contributed by atoms with van der Waals surface area (Å²) in [5, 5.41) is 5.54. The van der Waals surface area contributed by atoms with E-state index in [4.69, 9.17) is 0 Å². The first-order valence-corrected chi connectivity index (χ1v) is 12.2. The molecule has 2 heteroatoms. The van der Waals surface area contributed by atoms with Crippen LogP contribution < -0.4 is 5.32 Å². The van der Waals surface area contributed by atoms with E-state index in [2.05, 4.69) is 75.3 Å². The topological polar surface area (TPSA) is 12.0 Å². The summed E-state index contributed by atoms with van der Waals surface area (Å²) in [6.45, 7) is 17.3. The Kier molecular flexibility index (Phi) is 9.30. The summed E-state index contributed by atoms with van der Waals surface area (Å²) in [4.78, 5) is 1.14. The van der Waals surface area contributed by atoms with Crippen molar-refractivity contribution in [3.05, 3.63) is 81.3 Å². The number of nitrogens with one attached hydrogen (secondary N) is 1.